The first-order chi connectivity index (χ1) is 17.8. The van der Waals surface area contributed by atoms with Crippen LogP contribution in [-0.2, 0) is 9.57 Å². The van der Waals surface area contributed by atoms with E-state index in [2.05, 4.69) is 30.0 Å². The van der Waals surface area contributed by atoms with Gasteiger partial charge in [-0.1, -0.05) is 24.6 Å². The second-order valence-electron chi connectivity index (χ2n) is 12.6. The van der Waals surface area contributed by atoms with Crippen LogP contribution in [0.5, 0.6) is 0 Å². The van der Waals surface area contributed by atoms with Gasteiger partial charge in [0.2, 0.25) is 0 Å². The number of nitrogens with zero attached hydrogens (tertiary/aromatic N) is 2. The lowest BCUT2D eigenvalue weighted by atomic mass is 9.45. The molecule has 4 aliphatic carbocycles. The fourth-order valence-corrected chi connectivity index (χ4v) is 8.84. The van der Waals surface area contributed by atoms with Gasteiger partial charge in [-0.05, 0) is 92.2 Å². The molecule has 4 fully saturated rings. The molecule has 0 amide bonds. The molecule has 1 aliphatic heterocycles. The van der Waals surface area contributed by atoms with Gasteiger partial charge in [0.1, 0.15) is 6.61 Å². The van der Waals surface area contributed by atoms with Gasteiger partial charge in [-0.3, -0.25) is 4.90 Å². The van der Waals surface area contributed by atoms with Crippen molar-refractivity contribution in [3.8, 4) is 0 Å². The van der Waals surface area contributed by atoms with Crippen molar-refractivity contribution in [1.29, 1.82) is 0 Å². The normalized spacial score (nSPS) is 41.0. The van der Waals surface area contributed by atoms with Crippen LogP contribution in [0.25, 0.3) is 0 Å². The molecular formula is C30H42N2O5. The third-order valence-corrected chi connectivity index (χ3v) is 11.1. The summed E-state index contributed by atoms with van der Waals surface area (Å²) in [4.78, 5) is 19.6. The van der Waals surface area contributed by atoms with E-state index in [-0.39, 0.29) is 22.4 Å². The molecule has 1 aromatic heterocycles. The summed E-state index contributed by atoms with van der Waals surface area (Å²) in [5.41, 5.74) is 2.56. The summed E-state index contributed by atoms with van der Waals surface area (Å²) < 4.78 is 10.6. The van der Waals surface area contributed by atoms with E-state index in [9.17, 15) is 9.90 Å². The Balaban J connectivity index is 1.16. The van der Waals surface area contributed by atoms with Crippen LogP contribution in [0.3, 0.4) is 0 Å². The van der Waals surface area contributed by atoms with Gasteiger partial charge in [0.25, 0.3) is 0 Å². The summed E-state index contributed by atoms with van der Waals surface area (Å²) in [5, 5.41) is 16.9. The van der Waals surface area contributed by atoms with Crippen LogP contribution in [0.2, 0.25) is 0 Å². The Morgan fingerprint density at radius 3 is 2.70 bits per heavy atom. The van der Waals surface area contributed by atoms with Gasteiger partial charge in [0, 0.05) is 31.1 Å². The number of ether oxygens (including phenoxy) is 1. The van der Waals surface area contributed by atoms with E-state index < -0.39 is 5.60 Å². The van der Waals surface area contributed by atoms with Crippen LogP contribution in [-0.4, -0.2) is 60.8 Å². The van der Waals surface area contributed by atoms with Crippen molar-refractivity contribution in [3.05, 3.63) is 46.0 Å². The summed E-state index contributed by atoms with van der Waals surface area (Å²) in [6.07, 6.45) is 11.9. The number of fused-ring (bicyclic) bond motifs is 5. The molecule has 0 spiro atoms. The van der Waals surface area contributed by atoms with Crippen LogP contribution in [0.1, 0.15) is 76.7 Å². The summed E-state index contributed by atoms with van der Waals surface area (Å²) >= 11 is 0. The monoisotopic (exact) mass is 510 g/mol. The zero-order valence-corrected chi connectivity index (χ0v) is 22.4. The lowest BCUT2D eigenvalue weighted by Gasteiger charge is -2.61. The molecule has 5 aliphatic rings. The van der Waals surface area contributed by atoms with Crippen LogP contribution in [0.15, 0.2) is 44.4 Å². The number of hydrogen-bond donors (Lipinski definition) is 1. The van der Waals surface area contributed by atoms with E-state index in [1.54, 1.807) is 6.26 Å². The molecule has 0 aromatic carbocycles. The summed E-state index contributed by atoms with van der Waals surface area (Å²) in [7, 11) is 0. The molecule has 6 rings (SSSR count). The highest BCUT2D eigenvalue weighted by Crippen LogP contribution is 2.69. The summed E-state index contributed by atoms with van der Waals surface area (Å²) in [6.45, 7) is 9.80. The third kappa shape index (κ3) is 4.22. The lowest BCUT2D eigenvalue weighted by molar-refractivity contribution is -0.176. The molecule has 37 heavy (non-hydrogen) atoms. The van der Waals surface area contributed by atoms with Gasteiger partial charge < -0.3 is 19.1 Å². The molecule has 2 heterocycles. The molecule has 6 atom stereocenters. The van der Waals surface area contributed by atoms with Crippen molar-refractivity contribution in [2.24, 2.45) is 27.8 Å². The second-order valence-corrected chi connectivity index (χ2v) is 12.6. The minimum absolute atomic E-state index is 0.115. The predicted octanol–water partition coefficient (Wildman–Crippen LogP) is 4.51. The van der Waals surface area contributed by atoms with E-state index in [1.807, 2.05) is 6.07 Å². The van der Waals surface area contributed by atoms with Crippen molar-refractivity contribution in [2.45, 2.75) is 76.7 Å². The van der Waals surface area contributed by atoms with Gasteiger partial charge in [-0.25, -0.2) is 4.79 Å². The SMILES string of the molecule is C[C@]12CCC(=NOCCN3CCOCC3)C=C1CC[C@@H]1[C@@H]2CC[C@]2(C)[C@@H](c3ccc(=O)oc3)CC[C@]12O. The van der Waals surface area contributed by atoms with Crippen LogP contribution >= 0.6 is 0 Å². The van der Waals surface area contributed by atoms with Gasteiger partial charge in [0.05, 0.1) is 30.8 Å². The highest BCUT2D eigenvalue weighted by atomic mass is 16.6. The first-order valence-electron chi connectivity index (χ1n) is 14.3. The number of morpholine rings is 1. The number of rotatable bonds is 5. The maximum atomic E-state index is 12.4. The molecule has 1 saturated heterocycles. The van der Waals surface area contributed by atoms with E-state index in [0.29, 0.717) is 18.4 Å². The highest BCUT2D eigenvalue weighted by molar-refractivity contribution is 5.96. The Hall–Kier alpha value is -1.96. The third-order valence-electron chi connectivity index (χ3n) is 11.1. The Morgan fingerprint density at radius 2 is 1.92 bits per heavy atom. The fourth-order valence-electron chi connectivity index (χ4n) is 8.84. The van der Waals surface area contributed by atoms with Gasteiger partial charge >= 0.3 is 5.63 Å². The number of allylic oxidation sites excluding steroid dienone is 2. The molecule has 1 aromatic rings. The molecule has 0 radical (unpaired) electrons. The minimum atomic E-state index is -0.678. The first-order valence-corrected chi connectivity index (χ1v) is 14.3. The molecule has 0 bridgehead atoms. The van der Waals surface area contributed by atoms with E-state index >= 15 is 0 Å². The Bertz CT molecular complexity index is 1100. The van der Waals surface area contributed by atoms with Crippen molar-refractivity contribution >= 4 is 5.71 Å². The average Bonchev–Trinajstić information content (AvgIpc) is 3.19. The summed E-state index contributed by atoms with van der Waals surface area (Å²) in [5.74, 6) is 1.02. The van der Waals surface area contributed by atoms with Crippen molar-refractivity contribution in [1.82, 2.24) is 4.90 Å². The average molecular weight is 511 g/mol. The molecule has 202 valence electrons. The van der Waals surface area contributed by atoms with Crippen LogP contribution < -0.4 is 5.63 Å². The molecule has 3 saturated carbocycles. The van der Waals surface area contributed by atoms with Crippen LogP contribution in [0, 0.1) is 22.7 Å². The fraction of sp³-hybridized carbons (Fsp3) is 0.733. The molecule has 0 unspecified atom stereocenters. The smallest absolute Gasteiger partial charge is 0.335 e. The maximum Gasteiger partial charge on any atom is 0.335 e. The molecule has 1 N–H and O–H groups in total. The van der Waals surface area contributed by atoms with E-state index in [0.717, 1.165) is 95.5 Å². The zero-order valence-electron chi connectivity index (χ0n) is 22.4. The second kappa shape index (κ2) is 9.65. The maximum absolute atomic E-state index is 12.4. The quantitative estimate of drug-likeness (QED) is 0.464. The van der Waals surface area contributed by atoms with E-state index in [4.69, 9.17) is 14.0 Å². The lowest BCUT2D eigenvalue weighted by Crippen LogP contribution is -2.60. The van der Waals surface area contributed by atoms with Gasteiger partial charge in [0.15, 0.2) is 0 Å². The summed E-state index contributed by atoms with van der Waals surface area (Å²) in [6, 6.07) is 3.43. The van der Waals surface area contributed by atoms with E-state index in [1.165, 1.54) is 11.6 Å². The number of oxime groups is 1. The number of hydrogen-bond acceptors (Lipinski definition) is 7. The number of aliphatic hydroxyl groups is 1. The molecular weight excluding hydrogens is 468 g/mol. The van der Waals surface area contributed by atoms with Gasteiger partial charge in [-0.15, -0.1) is 0 Å². The first kappa shape index (κ1) is 25.3. The van der Waals surface area contributed by atoms with Crippen molar-refractivity contribution in [2.75, 3.05) is 39.5 Å². The Kier molecular flexibility index (Phi) is 6.61. The molecule has 7 nitrogen and oxygen atoms in total. The van der Waals surface area contributed by atoms with Crippen LogP contribution in [0.4, 0.5) is 0 Å². The standard InChI is InChI=1S/C30H42N2O5/c1-28-10-7-23(31-37-18-15-32-13-16-35-17-14-32)19-22(28)4-5-26-25(28)8-11-29(2)24(9-12-30(26,29)34)21-3-6-27(33)36-20-21/h3,6,19-20,24-26,34H,4-5,7-18H2,1-2H3/t24-,25+,26-,28+,29-,30+/m1/s1. The topological polar surface area (TPSA) is 84.5 Å². The Labute approximate surface area is 219 Å². The Morgan fingerprint density at radius 1 is 1.08 bits per heavy atom. The minimum Gasteiger partial charge on any atom is -0.431 e. The largest absolute Gasteiger partial charge is 0.431 e. The highest BCUT2D eigenvalue weighted by Gasteiger charge is 2.66. The molecule has 7 heteroatoms. The zero-order chi connectivity index (χ0) is 25.7. The van der Waals surface area contributed by atoms with Crippen molar-refractivity contribution < 1.29 is 19.1 Å². The predicted molar refractivity (Wildman–Crippen MR) is 142 cm³/mol. The van der Waals surface area contributed by atoms with Crippen molar-refractivity contribution in [3.63, 3.8) is 0 Å². The van der Waals surface area contributed by atoms with Gasteiger partial charge in [-0.2, -0.15) is 0 Å².